The molecule has 0 radical (unpaired) electrons. The van der Waals surface area contributed by atoms with Gasteiger partial charge in [0.15, 0.2) is 9.84 Å². The Morgan fingerprint density at radius 2 is 2.17 bits per heavy atom. The van der Waals surface area contributed by atoms with E-state index in [1.165, 1.54) is 12.1 Å². The quantitative estimate of drug-likeness (QED) is 0.360. The minimum absolute atomic E-state index is 0.0339. The topological polar surface area (TPSA) is 130 Å². The lowest BCUT2D eigenvalue weighted by atomic mass is 10.1. The summed E-state index contributed by atoms with van der Waals surface area (Å²) < 4.78 is 23.0. The van der Waals surface area contributed by atoms with Crippen molar-refractivity contribution in [3.63, 3.8) is 0 Å². The zero-order valence-electron chi connectivity index (χ0n) is 13.2. The van der Waals surface area contributed by atoms with Gasteiger partial charge in [0, 0.05) is 32.0 Å². The summed E-state index contributed by atoms with van der Waals surface area (Å²) in [6, 6.07) is 3.70. The number of nitrogens with one attached hydrogen (secondary N) is 3. The lowest BCUT2D eigenvalue weighted by molar-refractivity contribution is -0.384. The monoisotopic (exact) mass is 356 g/mol. The first-order chi connectivity index (χ1) is 11.3. The molecule has 1 aliphatic rings. The molecule has 1 atom stereocenters. The second kappa shape index (κ2) is 7.58. The van der Waals surface area contributed by atoms with Gasteiger partial charge in [-0.25, -0.2) is 8.42 Å². The van der Waals surface area contributed by atoms with Crippen molar-refractivity contribution < 1.29 is 18.1 Å². The largest absolute Gasteiger partial charge is 0.378 e. The molecule has 1 heterocycles. The second-order valence-corrected chi connectivity index (χ2v) is 7.63. The summed E-state index contributed by atoms with van der Waals surface area (Å²) in [7, 11) is -3.52. The Kier molecular flexibility index (Phi) is 5.73. The van der Waals surface area contributed by atoms with Gasteiger partial charge in [0.2, 0.25) is 5.91 Å². The average Bonchev–Trinajstić information content (AvgIpc) is 3.04. The number of rotatable bonds is 7. The molecular formula is C14H20N4O5S. The first-order valence-corrected chi connectivity index (χ1v) is 9.39. The highest BCUT2D eigenvalue weighted by molar-refractivity contribution is 7.90. The molecule has 1 fully saturated rings. The molecule has 1 amide bonds. The normalized spacial score (nSPS) is 17.5. The fourth-order valence-electron chi connectivity index (χ4n) is 2.45. The number of hydrogen-bond donors (Lipinski definition) is 3. The van der Waals surface area contributed by atoms with E-state index in [2.05, 4.69) is 16.0 Å². The van der Waals surface area contributed by atoms with Crippen molar-refractivity contribution in [1.82, 2.24) is 10.6 Å². The number of amides is 1. The third-order valence-electron chi connectivity index (χ3n) is 3.76. The van der Waals surface area contributed by atoms with Gasteiger partial charge in [-0.3, -0.25) is 14.9 Å². The maximum atomic E-state index is 11.8. The van der Waals surface area contributed by atoms with Crippen molar-refractivity contribution in [3.05, 3.63) is 28.3 Å². The van der Waals surface area contributed by atoms with Crippen molar-refractivity contribution in [2.75, 3.05) is 37.8 Å². The summed E-state index contributed by atoms with van der Waals surface area (Å²) in [6.45, 7) is 2.11. The minimum Gasteiger partial charge on any atom is -0.378 e. The molecule has 2 rings (SSSR count). The fourth-order valence-corrected chi connectivity index (χ4v) is 3.09. The van der Waals surface area contributed by atoms with E-state index in [1.54, 1.807) is 0 Å². The van der Waals surface area contributed by atoms with Gasteiger partial charge in [0.1, 0.15) is 5.69 Å². The SMILES string of the molecule is CS(=O)(=O)c1ccc(NCCNC(=O)C2CCNC2)c([N+](=O)[O-])c1. The van der Waals surface area contributed by atoms with Crippen LogP contribution in [-0.4, -0.2) is 51.7 Å². The van der Waals surface area contributed by atoms with Crippen molar-refractivity contribution in [1.29, 1.82) is 0 Å². The van der Waals surface area contributed by atoms with E-state index in [0.717, 1.165) is 25.3 Å². The molecule has 9 nitrogen and oxygen atoms in total. The number of nitrogens with zero attached hydrogens (tertiary/aromatic N) is 1. The van der Waals surface area contributed by atoms with Crippen LogP contribution < -0.4 is 16.0 Å². The van der Waals surface area contributed by atoms with Crippen LogP contribution in [0.1, 0.15) is 6.42 Å². The van der Waals surface area contributed by atoms with Crippen molar-refractivity contribution in [3.8, 4) is 0 Å². The number of nitro groups is 1. The van der Waals surface area contributed by atoms with E-state index in [0.29, 0.717) is 19.6 Å². The summed E-state index contributed by atoms with van der Waals surface area (Å²) in [5, 5.41) is 19.8. The zero-order chi connectivity index (χ0) is 17.7. The van der Waals surface area contributed by atoms with Crippen LogP contribution in [0.25, 0.3) is 0 Å². The minimum atomic E-state index is -3.52. The molecule has 3 N–H and O–H groups in total. The zero-order valence-corrected chi connectivity index (χ0v) is 14.1. The average molecular weight is 356 g/mol. The Morgan fingerprint density at radius 1 is 1.42 bits per heavy atom. The molecule has 0 spiro atoms. The Morgan fingerprint density at radius 3 is 2.75 bits per heavy atom. The van der Waals surface area contributed by atoms with Crippen LogP contribution in [0.5, 0.6) is 0 Å². The van der Waals surface area contributed by atoms with Gasteiger partial charge >= 0.3 is 0 Å². The molecule has 1 unspecified atom stereocenters. The molecule has 132 valence electrons. The van der Waals surface area contributed by atoms with E-state index in [4.69, 9.17) is 0 Å². The Labute approximate surface area is 139 Å². The lowest BCUT2D eigenvalue weighted by Gasteiger charge is -2.11. The third-order valence-corrected chi connectivity index (χ3v) is 4.88. The maximum absolute atomic E-state index is 11.8. The molecule has 1 aliphatic heterocycles. The molecular weight excluding hydrogens is 336 g/mol. The predicted molar refractivity (Wildman–Crippen MR) is 88.7 cm³/mol. The third kappa shape index (κ3) is 4.65. The Bertz CT molecular complexity index is 729. The molecule has 1 aromatic rings. The molecule has 1 saturated heterocycles. The summed E-state index contributed by atoms with van der Waals surface area (Å²) in [4.78, 5) is 22.2. The maximum Gasteiger partial charge on any atom is 0.293 e. The van der Waals surface area contributed by atoms with Crippen molar-refractivity contribution in [2.24, 2.45) is 5.92 Å². The number of nitro benzene ring substituents is 1. The van der Waals surface area contributed by atoms with Crippen LogP contribution in [0.3, 0.4) is 0 Å². The van der Waals surface area contributed by atoms with E-state index < -0.39 is 14.8 Å². The van der Waals surface area contributed by atoms with E-state index in [-0.39, 0.29) is 28.1 Å². The molecule has 0 saturated carbocycles. The number of anilines is 1. The molecule has 0 bridgehead atoms. The van der Waals surface area contributed by atoms with Gasteiger partial charge in [-0.1, -0.05) is 0 Å². The number of carbonyl (C=O) groups excluding carboxylic acids is 1. The second-order valence-electron chi connectivity index (χ2n) is 5.62. The van der Waals surface area contributed by atoms with Crippen molar-refractivity contribution in [2.45, 2.75) is 11.3 Å². The highest BCUT2D eigenvalue weighted by Gasteiger charge is 2.22. The van der Waals surface area contributed by atoms with Crippen LogP contribution in [-0.2, 0) is 14.6 Å². The number of benzene rings is 1. The predicted octanol–water partition coefficient (Wildman–Crippen LogP) is 0.136. The van der Waals surface area contributed by atoms with E-state index in [9.17, 15) is 23.3 Å². The summed E-state index contributed by atoms with van der Waals surface area (Å²) in [5.41, 5.74) is -0.103. The highest BCUT2D eigenvalue weighted by Crippen LogP contribution is 2.27. The van der Waals surface area contributed by atoms with E-state index >= 15 is 0 Å². The first-order valence-electron chi connectivity index (χ1n) is 7.50. The van der Waals surface area contributed by atoms with E-state index in [1.807, 2.05) is 0 Å². The highest BCUT2D eigenvalue weighted by atomic mass is 32.2. The Balaban J connectivity index is 1.94. The molecule has 0 aromatic heterocycles. The summed E-state index contributed by atoms with van der Waals surface area (Å²) >= 11 is 0. The summed E-state index contributed by atoms with van der Waals surface area (Å²) in [5.74, 6) is -0.0721. The van der Waals surface area contributed by atoms with Crippen LogP contribution >= 0.6 is 0 Å². The van der Waals surface area contributed by atoms with Crippen LogP contribution in [0, 0.1) is 16.0 Å². The van der Waals surface area contributed by atoms with Gasteiger partial charge in [-0.15, -0.1) is 0 Å². The molecule has 0 aliphatic carbocycles. The van der Waals surface area contributed by atoms with Crippen LogP contribution in [0.4, 0.5) is 11.4 Å². The standard InChI is InChI=1S/C14H20N4O5S/c1-24(22,23)11-2-3-12(13(8-11)18(20)21)16-6-7-17-14(19)10-4-5-15-9-10/h2-3,8,10,15-16H,4-7,9H2,1H3,(H,17,19). The number of carbonyl (C=O) groups is 1. The van der Waals surface area contributed by atoms with Crippen LogP contribution in [0.2, 0.25) is 0 Å². The molecule has 24 heavy (non-hydrogen) atoms. The summed E-state index contributed by atoms with van der Waals surface area (Å²) in [6.07, 6.45) is 1.80. The fraction of sp³-hybridized carbons (Fsp3) is 0.500. The van der Waals surface area contributed by atoms with Gasteiger partial charge < -0.3 is 16.0 Å². The van der Waals surface area contributed by atoms with Crippen molar-refractivity contribution >= 4 is 27.1 Å². The Hall–Kier alpha value is -2.20. The van der Waals surface area contributed by atoms with Crippen LogP contribution in [0.15, 0.2) is 23.1 Å². The smallest absolute Gasteiger partial charge is 0.293 e. The number of sulfone groups is 1. The lowest BCUT2D eigenvalue weighted by Crippen LogP contribution is -2.35. The van der Waals surface area contributed by atoms with Gasteiger partial charge in [0.05, 0.1) is 15.7 Å². The molecule has 1 aromatic carbocycles. The first kappa shape index (κ1) is 18.1. The van der Waals surface area contributed by atoms with Gasteiger partial charge in [-0.05, 0) is 25.1 Å². The van der Waals surface area contributed by atoms with Gasteiger partial charge in [0.25, 0.3) is 5.69 Å². The number of hydrogen-bond acceptors (Lipinski definition) is 7. The van der Waals surface area contributed by atoms with Gasteiger partial charge in [-0.2, -0.15) is 0 Å². The molecule has 10 heteroatoms.